The van der Waals surface area contributed by atoms with E-state index in [9.17, 15) is 24.0 Å². The SMILES string of the molecule is COC(=O)CCNC(=O)CCCCCCCCNC(=O)[C@@]1(C)CC[C@]2(C)CC[C@]3(C)C(=CC(=O)[C@@H]4[C@@]5(C)CC[C@H](OC(C)=O)C(C)(C)[C@@H]5CC[C@]43C)[C@@H]2C1. The van der Waals surface area contributed by atoms with E-state index < -0.39 is 5.41 Å². The normalized spacial score (nSPS) is 38.0. The minimum absolute atomic E-state index is 0.0253. The maximum absolute atomic E-state index is 14.7. The van der Waals surface area contributed by atoms with E-state index in [4.69, 9.17) is 4.74 Å². The number of esters is 2. The minimum Gasteiger partial charge on any atom is -0.469 e. The lowest BCUT2D eigenvalue weighted by molar-refractivity contribution is -0.210. The van der Waals surface area contributed by atoms with E-state index in [0.717, 1.165) is 96.3 Å². The number of hydrogen-bond acceptors (Lipinski definition) is 7. The molecule has 5 rings (SSSR count). The average Bonchev–Trinajstić information content (AvgIpc) is 3.10. The maximum atomic E-state index is 14.7. The lowest BCUT2D eigenvalue weighted by Crippen LogP contribution is -2.66. The van der Waals surface area contributed by atoms with E-state index in [0.29, 0.717) is 31.2 Å². The molecule has 0 saturated heterocycles. The number of rotatable bonds is 14. The fourth-order valence-electron chi connectivity index (χ4n) is 12.8. The van der Waals surface area contributed by atoms with Crippen molar-refractivity contribution in [3.63, 3.8) is 0 Å². The minimum atomic E-state index is -0.468. The standard InChI is InChI=1S/C45H72N2O7/c1-30(48)54-35-18-20-43(6)34(40(35,2)3)17-21-45(8)38(43)33(49)28-31-32-29-42(5,23-22-41(32,4)24-25-44(31,45)7)39(52)47-26-15-13-11-10-12-14-16-36(50)46-27-19-37(51)53-9/h28,32,34-35,38H,10-27,29H2,1-9H3,(H,46,50)(H,47,52)/t32-,34-,35-,38+,41+,42-,43-,44+,45+/m0/s1. The number of nitrogens with one attached hydrogen (secondary N) is 2. The summed E-state index contributed by atoms with van der Waals surface area (Å²) in [6.07, 6.45) is 17.1. The van der Waals surface area contributed by atoms with Crippen LogP contribution in [0.2, 0.25) is 0 Å². The van der Waals surface area contributed by atoms with Gasteiger partial charge >= 0.3 is 11.9 Å². The van der Waals surface area contributed by atoms with Crippen LogP contribution in [0, 0.1) is 50.2 Å². The Morgan fingerprint density at radius 3 is 2.13 bits per heavy atom. The monoisotopic (exact) mass is 753 g/mol. The van der Waals surface area contributed by atoms with Crippen molar-refractivity contribution in [1.29, 1.82) is 0 Å². The van der Waals surface area contributed by atoms with E-state index in [-0.39, 0.29) is 75.2 Å². The number of hydrogen-bond donors (Lipinski definition) is 2. The number of unbranched alkanes of at least 4 members (excludes halogenated alkanes) is 5. The van der Waals surface area contributed by atoms with E-state index in [1.807, 2.05) is 0 Å². The molecule has 9 nitrogen and oxygen atoms in total. The number of amides is 2. The molecule has 5 aliphatic rings. The molecule has 2 amide bonds. The van der Waals surface area contributed by atoms with Gasteiger partial charge in [0.2, 0.25) is 11.8 Å². The van der Waals surface area contributed by atoms with Crippen LogP contribution in [0.5, 0.6) is 0 Å². The van der Waals surface area contributed by atoms with Gasteiger partial charge in [0.05, 0.1) is 13.5 Å². The van der Waals surface area contributed by atoms with E-state index >= 15 is 0 Å². The van der Waals surface area contributed by atoms with Crippen molar-refractivity contribution < 1.29 is 33.4 Å². The highest BCUT2D eigenvalue weighted by Crippen LogP contribution is 2.75. The number of carbonyl (C=O) groups excluding carboxylic acids is 5. The molecule has 0 heterocycles. The molecule has 54 heavy (non-hydrogen) atoms. The highest BCUT2D eigenvalue weighted by atomic mass is 16.5. The quantitative estimate of drug-likeness (QED) is 0.135. The zero-order chi connectivity index (χ0) is 39.7. The Balaban J connectivity index is 1.17. The second kappa shape index (κ2) is 16.0. The number of ether oxygens (including phenoxy) is 2. The molecule has 5 aliphatic carbocycles. The highest BCUT2D eigenvalue weighted by Gasteiger charge is 2.70. The Bertz CT molecular complexity index is 1490. The van der Waals surface area contributed by atoms with Crippen molar-refractivity contribution in [1.82, 2.24) is 10.6 Å². The van der Waals surface area contributed by atoms with E-state index in [2.05, 4.69) is 69.9 Å². The maximum Gasteiger partial charge on any atom is 0.307 e. The van der Waals surface area contributed by atoms with E-state index in [1.54, 1.807) is 0 Å². The van der Waals surface area contributed by atoms with Gasteiger partial charge in [-0.25, -0.2) is 0 Å². The molecular formula is C45H72N2O7. The molecule has 9 heteroatoms. The zero-order valence-corrected chi connectivity index (χ0v) is 35.2. The summed E-state index contributed by atoms with van der Waals surface area (Å²) in [6.45, 7) is 18.9. The second-order valence-electron chi connectivity index (χ2n) is 20.0. The van der Waals surface area contributed by atoms with Crippen LogP contribution in [0.25, 0.3) is 0 Å². The number of ketones is 1. The van der Waals surface area contributed by atoms with Gasteiger partial charge in [-0.15, -0.1) is 0 Å². The van der Waals surface area contributed by atoms with Crippen molar-refractivity contribution in [2.24, 2.45) is 50.2 Å². The van der Waals surface area contributed by atoms with Crippen molar-refractivity contribution in [3.8, 4) is 0 Å². The number of methoxy groups -OCH3 is 1. The molecule has 4 saturated carbocycles. The van der Waals surface area contributed by atoms with Crippen LogP contribution in [-0.4, -0.2) is 55.8 Å². The van der Waals surface area contributed by atoms with Crippen LogP contribution in [0.15, 0.2) is 11.6 Å². The Morgan fingerprint density at radius 2 is 1.44 bits per heavy atom. The largest absolute Gasteiger partial charge is 0.469 e. The Hall–Kier alpha value is -2.71. The van der Waals surface area contributed by atoms with Gasteiger partial charge in [-0.05, 0) is 110 Å². The average molecular weight is 753 g/mol. The molecule has 0 spiro atoms. The van der Waals surface area contributed by atoms with Gasteiger partial charge in [-0.1, -0.05) is 79.7 Å². The fraction of sp³-hybridized carbons (Fsp3) is 0.844. The van der Waals surface area contributed by atoms with Gasteiger partial charge in [0.25, 0.3) is 0 Å². The molecule has 304 valence electrons. The topological polar surface area (TPSA) is 128 Å². The molecule has 0 unspecified atom stereocenters. The van der Waals surface area contributed by atoms with E-state index in [1.165, 1.54) is 19.6 Å². The summed E-state index contributed by atoms with van der Waals surface area (Å²) in [5.41, 5.74) is 0.300. The first-order chi connectivity index (χ1) is 25.3. The van der Waals surface area contributed by atoms with Gasteiger partial charge in [0, 0.05) is 43.2 Å². The molecule has 9 atom stereocenters. The third-order valence-electron chi connectivity index (χ3n) is 16.4. The predicted octanol–water partition coefficient (Wildman–Crippen LogP) is 8.43. The molecule has 0 aromatic rings. The van der Waals surface area contributed by atoms with Crippen LogP contribution >= 0.6 is 0 Å². The summed E-state index contributed by atoms with van der Waals surface area (Å²) in [6, 6.07) is 0. The summed E-state index contributed by atoms with van der Waals surface area (Å²) in [7, 11) is 1.34. The van der Waals surface area contributed by atoms with Crippen LogP contribution in [0.3, 0.4) is 0 Å². The molecule has 0 aliphatic heterocycles. The summed E-state index contributed by atoms with van der Waals surface area (Å²) < 4.78 is 10.5. The van der Waals surface area contributed by atoms with Crippen molar-refractivity contribution >= 4 is 29.5 Å². The molecule has 0 aromatic carbocycles. The highest BCUT2D eigenvalue weighted by molar-refractivity contribution is 5.96. The summed E-state index contributed by atoms with van der Waals surface area (Å²) >= 11 is 0. The van der Waals surface area contributed by atoms with Gasteiger partial charge in [0.1, 0.15) is 6.10 Å². The first-order valence-corrected chi connectivity index (χ1v) is 21.3. The Kier molecular flexibility index (Phi) is 12.6. The number of carbonyl (C=O) groups is 5. The van der Waals surface area contributed by atoms with Gasteiger partial charge in [-0.3, -0.25) is 24.0 Å². The zero-order valence-electron chi connectivity index (χ0n) is 35.2. The molecule has 2 N–H and O–H groups in total. The van der Waals surface area contributed by atoms with Crippen molar-refractivity contribution in [2.45, 2.75) is 171 Å². The van der Waals surface area contributed by atoms with Gasteiger partial charge in [-0.2, -0.15) is 0 Å². The van der Waals surface area contributed by atoms with Crippen LogP contribution < -0.4 is 10.6 Å². The van der Waals surface area contributed by atoms with Crippen molar-refractivity contribution in [2.75, 3.05) is 20.2 Å². The predicted molar refractivity (Wildman–Crippen MR) is 210 cm³/mol. The lowest BCUT2D eigenvalue weighted by atomic mass is 9.33. The van der Waals surface area contributed by atoms with Crippen molar-refractivity contribution in [3.05, 3.63) is 11.6 Å². The molecule has 0 radical (unpaired) electrons. The Morgan fingerprint density at radius 1 is 0.778 bits per heavy atom. The van der Waals surface area contributed by atoms with Crippen LogP contribution in [-0.2, 0) is 33.4 Å². The molecule has 0 aromatic heterocycles. The first-order valence-electron chi connectivity index (χ1n) is 21.3. The summed E-state index contributed by atoms with van der Waals surface area (Å²) in [5.74, 6) is 0.312. The Labute approximate surface area is 325 Å². The van der Waals surface area contributed by atoms with Crippen LogP contribution in [0.4, 0.5) is 0 Å². The van der Waals surface area contributed by atoms with Gasteiger partial charge in [0.15, 0.2) is 5.78 Å². The third kappa shape index (κ3) is 7.81. The molecular weight excluding hydrogens is 681 g/mol. The number of allylic oxidation sites excluding steroid dienone is 2. The summed E-state index contributed by atoms with van der Waals surface area (Å²) in [5, 5.41) is 6.07. The first kappa shape index (κ1) is 42.4. The third-order valence-corrected chi connectivity index (χ3v) is 16.4. The second-order valence-corrected chi connectivity index (χ2v) is 20.0. The summed E-state index contributed by atoms with van der Waals surface area (Å²) in [4.78, 5) is 63.8. The van der Waals surface area contributed by atoms with Crippen LogP contribution in [0.1, 0.15) is 165 Å². The van der Waals surface area contributed by atoms with Gasteiger partial charge < -0.3 is 20.1 Å². The fourth-order valence-corrected chi connectivity index (χ4v) is 12.8. The lowest BCUT2D eigenvalue weighted by Gasteiger charge is -2.70. The smallest absolute Gasteiger partial charge is 0.307 e. The molecule has 0 bridgehead atoms. The molecule has 4 fully saturated rings. The number of fused-ring (bicyclic) bond motifs is 7.